The number of hydrogen-bond acceptors (Lipinski definition) is 6. The largest absolute Gasteiger partial charge is 0.490 e. The highest BCUT2D eigenvalue weighted by atomic mass is 35.5. The van der Waals surface area contributed by atoms with Gasteiger partial charge in [0, 0.05) is 21.8 Å². The molecule has 0 saturated carbocycles. The summed E-state index contributed by atoms with van der Waals surface area (Å²) in [5.41, 5.74) is 5.66. The molecule has 4 rings (SSSR count). The number of aryl methyl sites for hydroxylation is 1. The van der Waals surface area contributed by atoms with Gasteiger partial charge in [-0.3, -0.25) is 9.59 Å². The second kappa shape index (κ2) is 13.2. The summed E-state index contributed by atoms with van der Waals surface area (Å²) in [6, 6.07) is 25.0. The van der Waals surface area contributed by atoms with E-state index in [2.05, 4.69) is 15.8 Å². The zero-order chi connectivity index (χ0) is 28.5. The minimum atomic E-state index is -0.495. The van der Waals surface area contributed by atoms with E-state index in [-0.39, 0.29) is 11.7 Å². The molecule has 0 aliphatic heterocycles. The molecule has 9 heteroatoms. The Hall–Kier alpha value is -4.95. The van der Waals surface area contributed by atoms with Crippen LogP contribution in [0.15, 0.2) is 96.1 Å². The number of rotatable bonds is 9. The minimum absolute atomic E-state index is 0.270. The third-order valence-corrected chi connectivity index (χ3v) is 5.84. The van der Waals surface area contributed by atoms with Crippen molar-refractivity contribution in [2.24, 2.45) is 5.10 Å². The highest BCUT2D eigenvalue weighted by Gasteiger charge is 2.14. The van der Waals surface area contributed by atoms with E-state index in [9.17, 15) is 14.4 Å². The van der Waals surface area contributed by atoms with Crippen molar-refractivity contribution in [3.05, 3.63) is 124 Å². The fourth-order valence-electron chi connectivity index (χ4n) is 3.66. The first-order valence-electron chi connectivity index (χ1n) is 12.4. The lowest BCUT2D eigenvalue weighted by Crippen LogP contribution is -2.18. The number of nitrogens with zero attached hydrogens (tertiary/aromatic N) is 1. The highest BCUT2D eigenvalue weighted by Crippen LogP contribution is 2.29. The quantitative estimate of drug-likeness (QED) is 0.109. The van der Waals surface area contributed by atoms with Gasteiger partial charge in [-0.1, -0.05) is 35.4 Å². The minimum Gasteiger partial charge on any atom is -0.490 e. The second-order valence-electron chi connectivity index (χ2n) is 8.64. The summed E-state index contributed by atoms with van der Waals surface area (Å²) >= 11 is 5.87. The number of hydrazone groups is 1. The lowest BCUT2D eigenvalue weighted by Gasteiger charge is -2.11. The molecule has 0 heterocycles. The van der Waals surface area contributed by atoms with Crippen LogP contribution in [-0.4, -0.2) is 30.6 Å². The number of ether oxygens (including phenoxy) is 2. The molecule has 0 radical (unpaired) electrons. The van der Waals surface area contributed by atoms with E-state index >= 15 is 0 Å². The fourth-order valence-corrected chi connectivity index (χ4v) is 3.79. The van der Waals surface area contributed by atoms with E-state index in [0.29, 0.717) is 45.3 Å². The van der Waals surface area contributed by atoms with Gasteiger partial charge in [-0.2, -0.15) is 5.10 Å². The van der Waals surface area contributed by atoms with Crippen LogP contribution in [0.4, 0.5) is 5.69 Å². The molecule has 0 fully saturated rings. The van der Waals surface area contributed by atoms with Crippen molar-refractivity contribution in [2.75, 3.05) is 11.9 Å². The molecular weight excluding hydrogens is 530 g/mol. The molecule has 202 valence electrons. The lowest BCUT2D eigenvalue weighted by molar-refractivity contribution is 0.0727. The number of hydrogen-bond donors (Lipinski definition) is 2. The number of carbonyl (C=O) groups is 3. The normalized spacial score (nSPS) is 10.7. The molecule has 0 atom stereocenters. The van der Waals surface area contributed by atoms with Crippen LogP contribution in [0.2, 0.25) is 5.02 Å². The molecule has 0 saturated heterocycles. The van der Waals surface area contributed by atoms with Crippen LogP contribution in [0, 0.1) is 6.92 Å². The molecule has 0 aliphatic rings. The fraction of sp³-hybridized carbons (Fsp3) is 0.0968. The van der Waals surface area contributed by atoms with Crippen LogP contribution >= 0.6 is 11.6 Å². The van der Waals surface area contributed by atoms with Crippen molar-refractivity contribution in [3.63, 3.8) is 0 Å². The predicted octanol–water partition coefficient (Wildman–Crippen LogP) is 6.28. The molecular formula is C31H26ClN3O5. The summed E-state index contributed by atoms with van der Waals surface area (Å²) in [5.74, 6) is -0.655. The Balaban J connectivity index is 1.39. The van der Waals surface area contributed by atoms with Crippen molar-refractivity contribution in [1.29, 1.82) is 0 Å². The van der Waals surface area contributed by atoms with Crippen LogP contribution in [-0.2, 0) is 0 Å². The second-order valence-corrected chi connectivity index (χ2v) is 9.08. The molecule has 8 nitrogen and oxygen atoms in total. The van der Waals surface area contributed by atoms with Gasteiger partial charge in [-0.05, 0) is 92.2 Å². The first-order valence-corrected chi connectivity index (χ1v) is 12.8. The third-order valence-electron chi connectivity index (χ3n) is 5.59. The first kappa shape index (κ1) is 28.1. The number of carbonyl (C=O) groups excluding carboxylic acids is 3. The van der Waals surface area contributed by atoms with E-state index in [1.807, 2.05) is 19.9 Å². The molecule has 0 aliphatic carbocycles. The van der Waals surface area contributed by atoms with Gasteiger partial charge in [0.1, 0.15) is 0 Å². The van der Waals surface area contributed by atoms with Crippen molar-refractivity contribution in [3.8, 4) is 11.5 Å². The SMILES string of the molecule is CCOc1cc(C=NNC(=O)c2cccc(NC(=O)c3ccc(Cl)cc3)c2)ccc1OC(=O)c1cccc(C)c1. The van der Waals surface area contributed by atoms with Crippen molar-refractivity contribution in [1.82, 2.24) is 5.43 Å². The Morgan fingerprint density at radius 1 is 0.825 bits per heavy atom. The molecule has 0 bridgehead atoms. The van der Waals surface area contributed by atoms with Crippen LogP contribution in [0.25, 0.3) is 0 Å². The van der Waals surface area contributed by atoms with Crippen molar-refractivity contribution in [2.45, 2.75) is 13.8 Å². The highest BCUT2D eigenvalue weighted by molar-refractivity contribution is 6.30. The average molecular weight is 556 g/mol. The summed E-state index contributed by atoms with van der Waals surface area (Å²) in [4.78, 5) is 37.7. The molecule has 40 heavy (non-hydrogen) atoms. The van der Waals surface area contributed by atoms with Gasteiger partial charge in [-0.15, -0.1) is 0 Å². The Morgan fingerprint density at radius 2 is 1.57 bits per heavy atom. The molecule has 2 N–H and O–H groups in total. The number of anilines is 1. The summed E-state index contributed by atoms with van der Waals surface area (Å²) in [6.07, 6.45) is 1.44. The molecule has 2 amide bonds. The standard InChI is InChI=1S/C31H26ClN3O5/c1-3-39-28-17-21(10-15-27(28)40-31(38)24-8-4-6-20(2)16-24)19-33-35-30(37)23-7-5-9-26(18-23)34-29(36)22-11-13-25(32)14-12-22/h4-19H,3H2,1-2H3,(H,34,36)(H,35,37). The lowest BCUT2D eigenvalue weighted by atomic mass is 10.1. The zero-order valence-electron chi connectivity index (χ0n) is 21.8. The summed E-state index contributed by atoms with van der Waals surface area (Å²) < 4.78 is 11.2. The maximum Gasteiger partial charge on any atom is 0.343 e. The van der Waals surface area contributed by atoms with Gasteiger partial charge in [0.15, 0.2) is 11.5 Å². The van der Waals surface area contributed by atoms with E-state index in [1.54, 1.807) is 84.9 Å². The number of amides is 2. The number of esters is 1. The number of halogens is 1. The van der Waals surface area contributed by atoms with Crippen molar-refractivity contribution < 1.29 is 23.9 Å². The monoisotopic (exact) mass is 555 g/mol. The molecule has 0 spiro atoms. The van der Waals surface area contributed by atoms with Gasteiger partial charge >= 0.3 is 5.97 Å². The summed E-state index contributed by atoms with van der Waals surface area (Å²) in [7, 11) is 0. The van der Waals surface area contributed by atoms with Crippen molar-refractivity contribution >= 4 is 41.3 Å². The topological polar surface area (TPSA) is 106 Å². The molecule has 4 aromatic carbocycles. The Kier molecular flexibility index (Phi) is 9.27. The smallest absolute Gasteiger partial charge is 0.343 e. The van der Waals surface area contributed by atoms with Gasteiger partial charge in [0.2, 0.25) is 0 Å². The third kappa shape index (κ3) is 7.55. The summed E-state index contributed by atoms with van der Waals surface area (Å²) in [5, 5.41) is 7.31. The summed E-state index contributed by atoms with van der Waals surface area (Å²) in [6.45, 7) is 4.07. The van der Waals surface area contributed by atoms with Gasteiger partial charge in [-0.25, -0.2) is 10.2 Å². The van der Waals surface area contributed by atoms with Gasteiger partial charge < -0.3 is 14.8 Å². The first-order chi connectivity index (χ1) is 19.3. The van der Waals surface area contributed by atoms with E-state index < -0.39 is 11.9 Å². The van der Waals surface area contributed by atoms with E-state index in [1.165, 1.54) is 6.21 Å². The van der Waals surface area contributed by atoms with Crippen LogP contribution in [0.1, 0.15) is 49.1 Å². The van der Waals surface area contributed by atoms with Gasteiger partial charge in [0.05, 0.1) is 18.4 Å². The maximum absolute atomic E-state index is 12.6. The Bertz CT molecular complexity index is 1570. The van der Waals surface area contributed by atoms with E-state index in [4.69, 9.17) is 21.1 Å². The Morgan fingerprint density at radius 3 is 2.33 bits per heavy atom. The predicted molar refractivity (Wildman–Crippen MR) is 155 cm³/mol. The number of benzene rings is 4. The van der Waals surface area contributed by atoms with Crippen LogP contribution in [0.3, 0.4) is 0 Å². The number of nitrogens with one attached hydrogen (secondary N) is 2. The molecule has 0 unspecified atom stereocenters. The maximum atomic E-state index is 12.6. The average Bonchev–Trinajstić information content (AvgIpc) is 2.95. The zero-order valence-corrected chi connectivity index (χ0v) is 22.6. The molecule has 0 aromatic heterocycles. The Labute approximate surface area is 236 Å². The van der Waals surface area contributed by atoms with Gasteiger partial charge in [0.25, 0.3) is 11.8 Å². The van der Waals surface area contributed by atoms with Crippen LogP contribution in [0.5, 0.6) is 11.5 Å². The van der Waals surface area contributed by atoms with E-state index in [0.717, 1.165) is 5.56 Å². The van der Waals surface area contributed by atoms with Crippen LogP contribution < -0.4 is 20.2 Å². The molecule has 4 aromatic rings.